The van der Waals surface area contributed by atoms with Gasteiger partial charge < -0.3 is 30.4 Å². The molecule has 3 aromatic rings. The van der Waals surface area contributed by atoms with Crippen molar-refractivity contribution in [3.63, 3.8) is 0 Å². The molecule has 5 atom stereocenters. The summed E-state index contributed by atoms with van der Waals surface area (Å²) in [5.41, 5.74) is 7.81. The number of aromatic nitrogens is 1. The second kappa shape index (κ2) is 16.0. The number of carbonyl (C=O) groups is 1. The van der Waals surface area contributed by atoms with Crippen LogP contribution in [0.15, 0.2) is 59.2 Å². The Labute approximate surface area is 260 Å². The molecule has 0 saturated heterocycles. The number of nitrogens with one attached hydrogen (secondary N) is 1. The van der Waals surface area contributed by atoms with Gasteiger partial charge in [0.1, 0.15) is 5.75 Å². The zero-order chi connectivity index (χ0) is 30.1. The minimum atomic E-state index is -0.574. The van der Waals surface area contributed by atoms with E-state index in [1.54, 1.807) is 24.5 Å². The zero-order valence-corrected chi connectivity index (χ0v) is 26.8. The number of nitrogens with two attached hydrogens (primary N) is 1. The highest BCUT2D eigenvalue weighted by Gasteiger charge is 2.39. The lowest BCUT2D eigenvalue weighted by Gasteiger charge is -2.20. The molecule has 4 rings (SSSR count). The summed E-state index contributed by atoms with van der Waals surface area (Å²) in [5.74, 6) is 0.100. The van der Waals surface area contributed by atoms with E-state index in [2.05, 4.69) is 46.1 Å². The summed E-state index contributed by atoms with van der Waals surface area (Å²) < 4.78 is 12.4. The fourth-order valence-corrected chi connectivity index (χ4v) is 7.30. The van der Waals surface area contributed by atoms with Gasteiger partial charge in [0.15, 0.2) is 0 Å². The number of H-pyrrole nitrogens is 1. The number of rotatable bonds is 15. The van der Waals surface area contributed by atoms with Gasteiger partial charge in [-0.15, -0.1) is 11.3 Å². The molecule has 5 N–H and O–H groups in total. The lowest BCUT2D eigenvalue weighted by Crippen LogP contribution is -2.20. The number of ether oxygens (including phenoxy) is 2. The minimum absolute atomic E-state index is 0.0509. The molecular formula is C33H43BrN2O5S. The average molecular weight is 660 g/mol. The molecule has 7 nitrogen and oxygen atoms in total. The minimum Gasteiger partial charge on any atom is -0.427 e. The van der Waals surface area contributed by atoms with Crippen molar-refractivity contribution in [3.8, 4) is 5.75 Å². The number of carbonyl (C=O) groups excluding carboxylic acids is 1. The summed E-state index contributed by atoms with van der Waals surface area (Å²) in [4.78, 5) is 18.2. The van der Waals surface area contributed by atoms with E-state index >= 15 is 0 Å². The van der Waals surface area contributed by atoms with E-state index in [9.17, 15) is 15.0 Å². The van der Waals surface area contributed by atoms with Gasteiger partial charge in [-0.3, -0.25) is 4.79 Å². The van der Waals surface area contributed by atoms with E-state index in [-0.39, 0.29) is 23.9 Å². The van der Waals surface area contributed by atoms with Gasteiger partial charge in [0.2, 0.25) is 0 Å². The number of methoxy groups -OCH3 is 1. The number of aryl methyl sites for hydroxylation is 2. The van der Waals surface area contributed by atoms with Crippen LogP contribution in [0.3, 0.4) is 0 Å². The van der Waals surface area contributed by atoms with Gasteiger partial charge in [0, 0.05) is 57.2 Å². The van der Waals surface area contributed by atoms with Crippen molar-refractivity contribution in [2.45, 2.75) is 76.6 Å². The third-order valence-corrected chi connectivity index (χ3v) is 10.3. The third-order valence-electron chi connectivity index (χ3n) is 8.06. The molecule has 2 heterocycles. The molecule has 2 aromatic heterocycles. The quantitative estimate of drug-likeness (QED) is 0.0651. The maximum absolute atomic E-state index is 12.4. The molecule has 0 unspecified atom stereocenters. The molecule has 0 radical (unpaired) electrons. The van der Waals surface area contributed by atoms with Gasteiger partial charge in [-0.05, 0) is 104 Å². The topological polar surface area (TPSA) is 118 Å². The monoisotopic (exact) mass is 658 g/mol. The Hall–Kier alpha value is -2.27. The van der Waals surface area contributed by atoms with E-state index in [0.29, 0.717) is 38.0 Å². The first kappa shape index (κ1) is 32.6. The number of benzene rings is 1. The summed E-state index contributed by atoms with van der Waals surface area (Å²) in [6.45, 7) is 2.66. The van der Waals surface area contributed by atoms with Crippen molar-refractivity contribution >= 4 is 44.1 Å². The number of aromatic amines is 1. The predicted octanol–water partition coefficient (Wildman–Crippen LogP) is 6.39. The number of fused-ring (bicyclic) bond motifs is 1. The molecule has 0 bridgehead atoms. The first-order chi connectivity index (χ1) is 20.3. The number of esters is 1. The van der Waals surface area contributed by atoms with Crippen LogP contribution in [0.5, 0.6) is 5.75 Å². The number of hydrogen-bond donors (Lipinski definition) is 4. The Morgan fingerprint density at radius 3 is 2.81 bits per heavy atom. The molecule has 1 aliphatic rings. The van der Waals surface area contributed by atoms with Gasteiger partial charge in [0.25, 0.3) is 0 Å². The number of aliphatic hydroxyl groups excluding tert-OH is 2. The van der Waals surface area contributed by atoms with Gasteiger partial charge in [-0.2, -0.15) is 0 Å². The Balaban J connectivity index is 1.21. The molecule has 1 fully saturated rings. The predicted molar refractivity (Wildman–Crippen MR) is 173 cm³/mol. The van der Waals surface area contributed by atoms with Crippen LogP contribution in [0.25, 0.3) is 10.9 Å². The Morgan fingerprint density at radius 2 is 2.07 bits per heavy atom. The van der Waals surface area contributed by atoms with Crippen molar-refractivity contribution in [2.24, 2.45) is 17.6 Å². The number of halogens is 1. The second-order valence-corrected chi connectivity index (χ2v) is 13.3. The average Bonchev–Trinajstić information content (AvgIpc) is 3.60. The lowest BCUT2D eigenvalue weighted by molar-refractivity contribution is -0.134. The molecule has 1 saturated carbocycles. The molecule has 42 heavy (non-hydrogen) atoms. The van der Waals surface area contributed by atoms with E-state index in [1.807, 2.05) is 30.5 Å². The lowest BCUT2D eigenvalue weighted by atomic mass is 9.89. The first-order valence-electron chi connectivity index (χ1n) is 14.8. The maximum Gasteiger partial charge on any atom is 0.311 e. The SMILES string of the molecule is CO[C@H](C=C[C@@H]1[C@@H](CC=CCCCC(=O)Oc2ccc3[nH]cc(CCN)c3c2)[C@@H](O)C[C@H]1O)CCc1cc(Br)c(C)s1. The summed E-state index contributed by atoms with van der Waals surface area (Å²) in [5, 5.41) is 22.3. The smallest absolute Gasteiger partial charge is 0.311 e. The molecule has 0 spiro atoms. The van der Waals surface area contributed by atoms with Crippen molar-refractivity contribution in [3.05, 3.63) is 74.6 Å². The summed E-state index contributed by atoms with van der Waals surface area (Å²) in [6.07, 6.45) is 14.3. The molecular weight excluding hydrogens is 616 g/mol. The van der Waals surface area contributed by atoms with Crippen molar-refractivity contribution in [1.29, 1.82) is 0 Å². The molecule has 0 amide bonds. The fourth-order valence-electron chi connectivity index (χ4n) is 5.68. The maximum atomic E-state index is 12.4. The molecule has 1 aromatic carbocycles. The van der Waals surface area contributed by atoms with E-state index in [0.717, 1.165) is 46.6 Å². The van der Waals surface area contributed by atoms with Crippen LogP contribution >= 0.6 is 27.3 Å². The Morgan fingerprint density at radius 1 is 1.24 bits per heavy atom. The van der Waals surface area contributed by atoms with Crippen LogP contribution in [-0.2, 0) is 22.4 Å². The van der Waals surface area contributed by atoms with E-state index in [1.165, 1.54) is 9.75 Å². The van der Waals surface area contributed by atoms with Crippen molar-refractivity contribution < 1.29 is 24.5 Å². The van der Waals surface area contributed by atoms with Crippen LogP contribution in [0.4, 0.5) is 0 Å². The number of unbranched alkanes of at least 4 members (excludes halogenated alkanes) is 1. The van der Waals surface area contributed by atoms with Crippen molar-refractivity contribution in [1.82, 2.24) is 4.98 Å². The highest BCUT2D eigenvalue weighted by Crippen LogP contribution is 2.36. The van der Waals surface area contributed by atoms with Crippen LogP contribution in [0.1, 0.15) is 53.8 Å². The number of thiophene rings is 1. The van der Waals surface area contributed by atoms with Gasteiger partial charge >= 0.3 is 5.97 Å². The van der Waals surface area contributed by atoms with E-state index in [4.69, 9.17) is 15.2 Å². The second-order valence-electron chi connectivity index (χ2n) is 11.1. The highest BCUT2D eigenvalue weighted by molar-refractivity contribution is 9.10. The zero-order valence-electron chi connectivity index (χ0n) is 24.4. The van der Waals surface area contributed by atoms with Crippen LogP contribution in [0.2, 0.25) is 0 Å². The van der Waals surface area contributed by atoms with E-state index < -0.39 is 12.2 Å². The standard InChI is InChI=1S/C33H43BrN2O5S/c1-21-29(34)18-25(42-21)12-9-23(40-2)10-13-27-26(31(37)19-32(27)38)7-5-3-4-6-8-33(39)41-24-11-14-30-28(17-24)22(15-16-35)20-36-30/h3,5,10-11,13-14,17-18,20,23,26-27,31-32,36-38H,4,6-9,12,15-16,19,35H2,1-2H3/t23-,26+,27+,31-,32+/m0/s1. The highest BCUT2D eigenvalue weighted by atomic mass is 79.9. The number of aliphatic hydroxyl groups is 2. The summed E-state index contributed by atoms with van der Waals surface area (Å²) in [7, 11) is 1.71. The Kier molecular flexibility index (Phi) is 12.4. The van der Waals surface area contributed by atoms with Gasteiger partial charge in [-0.25, -0.2) is 0 Å². The number of hydrogen-bond acceptors (Lipinski definition) is 7. The van der Waals surface area contributed by atoms with Crippen LogP contribution in [-0.4, -0.2) is 53.1 Å². The van der Waals surface area contributed by atoms with Crippen LogP contribution in [0, 0.1) is 18.8 Å². The first-order valence-corrected chi connectivity index (χ1v) is 16.4. The van der Waals surface area contributed by atoms with Gasteiger partial charge in [-0.1, -0.05) is 24.3 Å². The van der Waals surface area contributed by atoms with Gasteiger partial charge in [0.05, 0.1) is 18.3 Å². The normalized spacial score (nSPS) is 21.7. The largest absolute Gasteiger partial charge is 0.427 e. The number of allylic oxidation sites excluding steroid dienone is 2. The Bertz CT molecular complexity index is 1350. The molecule has 1 aliphatic carbocycles. The third kappa shape index (κ3) is 8.88. The molecule has 9 heteroatoms. The summed E-state index contributed by atoms with van der Waals surface area (Å²) in [6, 6.07) is 7.77. The summed E-state index contributed by atoms with van der Waals surface area (Å²) >= 11 is 5.37. The van der Waals surface area contributed by atoms with Crippen LogP contribution < -0.4 is 10.5 Å². The molecule has 228 valence electrons. The fraction of sp³-hybridized carbons (Fsp3) is 0.485. The molecule has 0 aliphatic heterocycles. The van der Waals surface area contributed by atoms with Crippen molar-refractivity contribution in [2.75, 3.05) is 13.7 Å².